The monoisotopic (exact) mass is 697 g/mol. The molecule has 0 spiro atoms. The smallest absolute Gasteiger partial charge is 0.268 e. The molecule has 0 aromatic heterocycles. The number of aliphatic hydroxyl groups excluding tert-OH is 1. The maximum Gasteiger partial charge on any atom is 0.268 e. The van der Waals surface area contributed by atoms with Gasteiger partial charge in [-0.2, -0.15) is 0 Å². The molecular formula is C39H73N2O6P. The van der Waals surface area contributed by atoms with E-state index in [2.05, 4.69) is 49.5 Å². The number of nitrogens with zero attached hydrogens (tertiary/aromatic N) is 1. The number of hydrogen-bond acceptors (Lipinski definition) is 6. The first-order valence-corrected chi connectivity index (χ1v) is 20.5. The van der Waals surface area contributed by atoms with Crippen LogP contribution >= 0.6 is 7.82 Å². The van der Waals surface area contributed by atoms with Gasteiger partial charge in [0.15, 0.2) is 0 Å². The van der Waals surface area contributed by atoms with E-state index in [1.165, 1.54) is 64.2 Å². The molecule has 9 heteroatoms. The van der Waals surface area contributed by atoms with Gasteiger partial charge in [0.05, 0.1) is 39.9 Å². The van der Waals surface area contributed by atoms with Crippen LogP contribution in [0.1, 0.15) is 142 Å². The average molecular weight is 697 g/mol. The molecule has 0 rings (SSSR count). The van der Waals surface area contributed by atoms with E-state index in [9.17, 15) is 19.4 Å². The van der Waals surface area contributed by atoms with E-state index in [0.29, 0.717) is 17.4 Å². The third-order valence-corrected chi connectivity index (χ3v) is 9.03. The molecule has 8 nitrogen and oxygen atoms in total. The van der Waals surface area contributed by atoms with E-state index < -0.39 is 26.6 Å². The van der Waals surface area contributed by atoms with E-state index in [4.69, 9.17) is 9.05 Å². The van der Waals surface area contributed by atoms with Gasteiger partial charge >= 0.3 is 0 Å². The van der Waals surface area contributed by atoms with Gasteiger partial charge in [0.1, 0.15) is 13.2 Å². The number of phosphoric ester groups is 1. The van der Waals surface area contributed by atoms with Crippen LogP contribution in [0.15, 0.2) is 48.6 Å². The van der Waals surface area contributed by atoms with E-state index in [0.717, 1.165) is 57.8 Å². The summed E-state index contributed by atoms with van der Waals surface area (Å²) >= 11 is 0. The molecule has 48 heavy (non-hydrogen) atoms. The van der Waals surface area contributed by atoms with Crippen LogP contribution in [0.5, 0.6) is 0 Å². The number of nitrogens with one attached hydrogen (secondary N) is 1. The molecular weight excluding hydrogens is 623 g/mol. The van der Waals surface area contributed by atoms with Gasteiger partial charge in [-0.15, -0.1) is 0 Å². The molecule has 0 saturated carbocycles. The summed E-state index contributed by atoms with van der Waals surface area (Å²) in [4.78, 5) is 25.1. The first-order valence-electron chi connectivity index (χ1n) is 19.0. The molecule has 0 aromatic rings. The first-order chi connectivity index (χ1) is 23.0. The summed E-state index contributed by atoms with van der Waals surface area (Å²) in [7, 11) is 1.21. The second kappa shape index (κ2) is 31.4. The number of quaternary nitrogens is 1. The zero-order valence-electron chi connectivity index (χ0n) is 31.4. The maximum absolute atomic E-state index is 12.7. The van der Waals surface area contributed by atoms with Crippen molar-refractivity contribution in [3.8, 4) is 0 Å². The number of unbranched alkanes of at least 4 members (excludes halogenated alkanes) is 15. The Morgan fingerprint density at radius 3 is 1.88 bits per heavy atom. The van der Waals surface area contributed by atoms with Crippen molar-refractivity contribution < 1.29 is 32.9 Å². The normalized spacial score (nSPS) is 15.2. The van der Waals surface area contributed by atoms with Gasteiger partial charge in [0.2, 0.25) is 5.91 Å². The number of amides is 1. The minimum absolute atomic E-state index is 0.0138. The zero-order valence-corrected chi connectivity index (χ0v) is 32.3. The fourth-order valence-corrected chi connectivity index (χ4v) is 5.67. The molecule has 1 unspecified atom stereocenters. The number of allylic oxidation sites excluding steroid dienone is 7. The van der Waals surface area contributed by atoms with Gasteiger partial charge in [0, 0.05) is 6.42 Å². The Balaban J connectivity index is 4.62. The predicted octanol–water partition coefficient (Wildman–Crippen LogP) is 9.11. The highest BCUT2D eigenvalue weighted by Crippen LogP contribution is 2.38. The third-order valence-electron chi connectivity index (χ3n) is 8.07. The lowest BCUT2D eigenvalue weighted by molar-refractivity contribution is -0.870. The highest BCUT2D eigenvalue weighted by Gasteiger charge is 2.23. The topological polar surface area (TPSA) is 108 Å². The quantitative estimate of drug-likeness (QED) is 0.0233. The van der Waals surface area contributed by atoms with Gasteiger partial charge in [-0.3, -0.25) is 9.36 Å². The van der Waals surface area contributed by atoms with E-state index in [-0.39, 0.29) is 12.5 Å². The number of carbonyl (C=O) groups excluding carboxylic acids is 1. The lowest BCUT2D eigenvalue weighted by atomic mass is 10.1. The number of phosphoric acid groups is 1. The van der Waals surface area contributed by atoms with Crippen LogP contribution in [0.2, 0.25) is 0 Å². The molecule has 0 aromatic carbocycles. The van der Waals surface area contributed by atoms with Gasteiger partial charge in [0.25, 0.3) is 7.82 Å². The Morgan fingerprint density at radius 1 is 0.750 bits per heavy atom. The number of carbonyl (C=O) groups is 1. The summed E-state index contributed by atoms with van der Waals surface area (Å²) < 4.78 is 23.0. The fourth-order valence-electron chi connectivity index (χ4n) is 4.94. The molecule has 0 radical (unpaired) electrons. The fraction of sp³-hybridized carbons (Fsp3) is 0.769. The SMILES string of the molecule is CCCCC/C=C/C/C=C/CCCCCCCC(=O)N[C@@H](COP(=O)([O-])OCC[N+](C)(C)C)[C@H](O)/C=C/C=C/CCCCCCCCC. The molecule has 0 bridgehead atoms. The maximum atomic E-state index is 12.7. The summed E-state index contributed by atoms with van der Waals surface area (Å²) in [5, 5.41) is 13.6. The third kappa shape index (κ3) is 33.0. The van der Waals surface area contributed by atoms with Gasteiger partial charge in [-0.25, -0.2) is 0 Å². The lowest BCUT2D eigenvalue weighted by Crippen LogP contribution is -2.45. The summed E-state index contributed by atoms with van der Waals surface area (Å²) in [5.41, 5.74) is 0. The Morgan fingerprint density at radius 2 is 1.27 bits per heavy atom. The molecule has 0 aliphatic rings. The minimum atomic E-state index is -4.59. The van der Waals surface area contributed by atoms with Crippen molar-refractivity contribution in [2.24, 2.45) is 0 Å². The Hall–Kier alpha value is -1.54. The molecule has 0 aliphatic heterocycles. The number of aliphatic hydroxyl groups is 1. The van der Waals surface area contributed by atoms with Crippen LogP contribution in [0.4, 0.5) is 0 Å². The predicted molar refractivity (Wildman–Crippen MR) is 201 cm³/mol. The molecule has 0 aliphatic carbocycles. The van der Waals surface area contributed by atoms with Crippen LogP contribution in [-0.2, 0) is 18.4 Å². The molecule has 3 atom stereocenters. The minimum Gasteiger partial charge on any atom is -0.756 e. The molecule has 280 valence electrons. The van der Waals surface area contributed by atoms with Crippen molar-refractivity contribution in [2.45, 2.75) is 154 Å². The summed E-state index contributed by atoms with van der Waals surface area (Å²) in [6.45, 7) is 4.51. The van der Waals surface area contributed by atoms with Crippen LogP contribution in [-0.4, -0.2) is 68.5 Å². The zero-order chi connectivity index (χ0) is 35.8. The van der Waals surface area contributed by atoms with Gasteiger partial charge < -0.3 is 28.8 Å². The number of hydrogen-bond donors (Lipinski definition) is 2. The van der Waals surface area contributed by atoms with Crippen molar-refractivity contribution in [1.29, 1.82) is 0 Å². The number of likely N-dealkylation sites (N-methyl/N-ethyl adjacent to an activating group) is 1. The lowest BCUT2D eigenvalue weighted by Gasteiger charge is -2.29. The Bertz CT molecular complexity index is 928. The second-order valence-electron chi connectivity index (χ2n) is 14.0. The number of rotatable bonds is 33. The van der Waals surface area contributed by atoms with Crippen molar-refractivity contribution in [2.75, 3.05) is 40.9 Å². The van der Waals surface area contributed by atoms with Crippen molar-refractivity contribution in [3.63, 3.8) is 0 Å². The van der Waals surface area contributed by atoms with Crippen LogP contribution in [0.25, 0.3) is 0 Å². The van der Waals surface area contributed by atoms with Gasteiger partial charge in [-0.05, 0) is 51.4 Å². The highest BCUT2D eigenvalue weighted by atomic mass is 31.2. The largest absolute Gasteiger partial charge is 0.756 e. The van der Waals surface area contributed by atoms with Crippen LogP contribution in [0.3, 0.4) is 0 Å². The first kappa shape index (κ1) is 46.5. The van der Waals surface area contributed by atoms with E-state index >= 15 is 0 Å². The van der Waals surface area contributed by atoms with Crippen molar-refractivity contribution >= 4 is 13.7 Å². The second-order valence-corrected chi connectivity index (χ2v) is 15.4. The van der Waals surface area contributed by atoms with Crippen molar-refractivity contribution in [3.05, 3.63) is 48.6 Å². The summed E-state index contributed by atoms with van der Waals surface area (Å²) in [6.07, 6.45) is 37.3. The Labute approximate surface area is 295 Å². The molecule has 0 fully saturated rings. The Kier molecular flexibility index (Phi) is 30.4. The van der Waals surface area contributed by atoms with Crippen molar-refractivity contribution in [1.82, 2.24) is 5.32 Å². The van der Waals surface area contributed by atoms with E-state index in [1.807, 2.05) is 27.2 Å². The summed E-state index contributed by atoms with van der Waals surface area (Å²) in [6, 6.07) is -0.924. The molecule has 2 N–H and O–H groups in total. The summed E-state index contributed by atoms with van der Waals surface area (Å²) in [5.74, 6) is -0.233. The molecule has 0 heterocycles. The molecule has 0 saturated heterocycles. The standard InChI is InChI=1S/C39H73N2O6P/c1-6-8-10-12-14-16-18-19-20-21-23-25-27-29-31-33-39(43)40-37(36-47-48(44,45)46-35-34-41(3,4)5)38(42)32-30-28-26-24-22-17-15-13-11-9-7-2/h14,16,19-20,26,28,30,32,37-38,42H,6-13,15,17-18,21-25,27,29,31,33-36H2,1-5H3,(H-,40,43,44,45)/b16-14+,20-19+,28-26+,32-30+/t37-,38+/m0/s1. The van der Waals surface area contributed by atoms with Crippen LogP contribution in [0, 0.1) is 0 Å². The van der Waals surface area contributed by atoms with Crippen LogP contribution < -0.4 is 10.2 Å². The van der Waals surface area contributed by atoms with E-state index in [1.54, 1.807) is 12.2 Å². The average Bonchev–Trinajstić information content (AvgIpc) is 3.02. The molecule has 1 amide bonds. The van der Waals surface area contributed by atoms with Gasteiger partial charge in [-0.1, -0.05) is 133 Å². The highest BCUT2D eigenvalue weighted by molar-refractivity contribution is 7.45.